The van der Waals surface area contributed by atoms with Gasteiger partial charge in [0.15, 0.2) is 0 Å². The average Bonchev–Trinajstić information content (AvgIpc) is 2.61. The molecule has 5 heteroatoms. The Balaban J connectivity index is 2.68. The molecule has 0 aromatic carbocycles. The third-order valence-electron chi connectivity index (χ3n) is 2.26. The van der Waals surface area contributed by atoms with Crippen molar-refractivity contribution in [2.45, 2.75) is 36.8 Å². The van der Waals surface area contributed by atoms with E-state index in [1.54, 1.807) is 11.3 Å². The maximum absolute atomic E-state index is 8.91. The number of aliphatic hydroxyl groups excluding tert-OH is 1. The number of hydrogen-bond acceptors (Lipinski definition) is 4. The lowest BCUT2D eigenvalue weighted by Gasteiger charge is -2.22. The minimum atomic E-state index is 0.122. The van der Waals surface area contributed by atoms with Crippen molar-refractivity contribution >= 4 is 39.0 Å². The Morgan fingerprint density at radius 2 is 2.25 bits per heavy atom. The zero-order chi connectivity index (χ0) is 12.1. The molecule has 0 aliphatic rings. The van der Waals surface area contributed by atoms with Crippen LogP contribution in [0.1, 0.15) is 30.4 Å². The number of thiophene rings is 1. The van der Waals surface area contributed by atoms with Gasteiger partial charge in [-0.05, 0) is 35.3 Å². The molecule has 2 nitrogen and oxygen atoms in total. The van der Waals surface area contributed by atoms with Crippen molar-refractivity contribution in [1.82, 2.24) is 0 Å². The van der Waals surface area contributed by atoms with Crippen LogP contribution in [0, 0.1) is 0 Å². The lowest BCUT2D eigenvalue weighted by molar-refractivity contribution is 0.288. The Morgan fingerprint density at radius 1 is 1.56 bits per heavy atom. The van der Waals surface area contributed by atoms with Gasteiger partial charge >= 0.3 is 0 Å². The Hall–Kier alpha value is 0.450. The lowest BCUT2D eigenvalue weighted by atomic mass is 10.2. The molecule has 0 saturated carbocycles. The van der Waals surface area contributed by atoms with E-state index in [4.69, 9.17) is 10.8 Å². The molecule has 0 aliphatic carbocycles. The third-order valence-corrected chi connectivity index (χ3v) is 5.86. The van der Waals surface area contributed by atoms with Gasteiger partial charge in [-0.3, -0.25) is 0 Å². The van der Waals surface area contributed by atoms with Crippen molar-refractivity contribution in [3.05, 3.63) is 20.8 Å². The highest BCUT2D eigenvalue weighted by Gasteiger charge is 2.21. The van der Waals surface area contributed by atoms with Gasteiger partial charge < -0.3 is 10.8 Å². The summed E-state index contributed by atoms with van der Waals surface area (Å²) in [5, 5.41) is 11.7. The quantitative estimate of drug-likeness (QED) is 0.843. The molecular weight excluding hydrogens is 306 g/mol. The minimum Gasteiger partial charge on any atom is -0.396 e. The van der Waals surface area contributed by atoms with Gasteiger partial charge in [0.1, 0.15) is 0 Å². The first-order valence-corrected chi connectivity index (χ1v) is 7.92. The highest BCUT2D eigenvalue weighted by molar-refractivity contribution is 9.10. The van der Waals surface area contributed by atoms with Gasteiger partial charge in [-0.1, -0.05) is 6.92 Å². The number of aliphatic hydroxyl groups is 1. The van der Waals surface area contributed by atoms with Crippen LogP contribution in [0.15, 0.2) is 15.9 Å². The van der Waals surface area contributed by atoms with Crippen LogP contribution in [0.2, 0.25) is 0 Å². The van der Waals surface area contributed by atoms with E-state index in [2.05, 4.69) is 34.3 Å². The molecule has 92 valence electrons. The van der Waals surface area contributed by atoms with Gasteiger partial charge in [-0.15, -0.1) is 23.1 Å². The molecule has 0 radical (unpaired) electrons. The van der Waals surface area contributed by atoms with E-state index in [1.807, 2.05) is 18.7 Å². The lowest BCUT2D eigenvalue weighted by Crippen LogP contribution is -2.23. The van der Waals surface area contributed by atoms with Crippen molar-refractivity contribution in [1.29, 1.82) is 0 Å². The number of halogens is 1. The van der Waals surface area contributed by atoms with E-state index >= 15 is 0 Å². The fourth-order valence-corrected chi connectivity index (χ4v) is 4.49. The number of thioether (sulfide) groups is 1. The largest absolute Gasteiger partial charge is 0.396 e. The second-order valence-electron chi connectivity index (χ2n) is 3.91. The number of nitrogens with two attached hydrogens (primary N) is 1. The minimum absolute atomic E-state index is 0.122. The second kappa shape index (κ2) is 7.01. The maximum Gasteiger partial charge on any atom is 0.0542 e. The van der Waals surface area contributed by atoms with Crippen LogP contribution < -0.4 is 5.73 Å². The summed E-state index contributed by atoms with van der Waals surface area (Å²) in [5.74, 6) is 0. The first kappa shape index (κ1) is 14.5. The smallest absolute Gasteiger partial charge is 0.0542 e. The first-order valence-electron chi connectivity index (χ1n) is 5.30. The number of hydrogen-bond donors (Lipinski definition) is 2. The molecular formula is C11H18BrNOS2. The summed E-state index contributed by atoms with van der Waals surface area (Å²) in [7, 11) is 0. The fourth-order valence-electron chi connectivity index (χ4n) is 1.43. The Morgan fingerprint density at radius 3 is 2.69 bits per heavy atom. The second-order valence-corrected chi connectivity index (χ2v) is 7.35. The van der Waals surface area contributed by atoms with Crippen molar-refractivity contribution < 1.29 is 5.11 Å². The molecule has 1 rings (SSSR count). The molecule has 3 N–H and O–H groups in total. The standard InChI is InChI=1S/C11H18BrNOS2/c1-7(3-4-14)16-11(8(2)13)10-5-9(12)6-15-10/h5-8,11,14H,3-4,13H2,1-2H3. The summed E-state index contributed by atoms with van der Waals surface area (Å²) < 4.78 is 1.12. The summed E-state index contributed by atoms with van der Waals surface area (Å²) in [6, 6.07) is 2.26. The van der Waals surface area contributed by atoms with Crippen LogP contribution in [0.25, 0.3) is 0 Å². The van der Waals surface area contributed by atoms with Gasteiger partial charge in [0, 0.05) is 32.6 Å². The molecule has 0 bridgehead atoms. The van der Waals surface area contributed by atoms with E-state index < -0.39 is 0 Å². The summed E-state index contributed by atoms with van der Waals surface area (Å²) in [5.41, 5.74) is 6.03. The Kier molecular flexibility index (Phi) is 6.36. The van der Waals surface area contributed by atoms with E-state index in [0.29, 0.717) is 10.5 Å². The van der Waals surface area contributed by atoms with Crippen LogP contribution in [-0.4, -0.2) is 23.0 Å². The SMILES string of the molecule is CC(CCO)SC(c1cc(Br)cs1)C(C)N. The molecule has 0 amide bonds. The predicted molar refractivity (Wildman–Crippen MR) is 77.2 cm³/mol. The molecule has 0 saturated heterocycles. The molecule has 3 atom stereocenters. The summed E-state index contributed by atoms with van der Waals surface area (Å²) in [6.07, 6.45) is 0.820. The van der Waals surface area contributed by atoms with Crippen LogP contribution >= 0.6 is 39.0 Å². The molecule has 0 fully saturated rings. The maximum atomic E-state index is 8.91. The summed E-state index contributed by atoms with van der Waals surface area (Å²) >= 11 is 7.05. The molecule has 0 spiro atoms. The topological polar surface area (TPSA) is 46.2 Å². The van der Waals surface area contributed by atoms with Crippen LogP contribution in [-0.2, 0) is 0 Å². The highest BCUT2D eigenvalue weighted by atomic mass is 79.9. The van der Waals surface area contributed by atoms with Crippen LogP contribution in [0.4, 0.5) is 0 Å². The van der Waals surface area contributed by atoms with E-state index in [9.17, 15) is 0 Å². The molecule has 1 heterocycles. The molecule has 1 aromatic rings. The van der Waals surface area contributed by atoms with Gasteiger partial charge in [0.2, 0.25) is 0 Å². The van der Waals surface area contributed by atoms with Crippen molar-refractivity contribution in [3.63, 3.8) is 0 Å². The van der Waals surface area contributed by atoms with E-state index in [1.165, 1.54) is 4.88 Å². The molecule has 16 heavy (non-hydrogen) atoms. The van der Waals surface area contributed by atoms with Crippen LogP contribution in [0.3, 0.4) is 0 Å². The van der Waals surface area contributed by atoms with Gasteiger partial charge in [-0.25, -0.2) is 0 Å². The molecule has 1 aromatic heterocycles. The fraction of sp³-hybridized carbons (Fsp3) is 0.636. The first-order chi connectivity index (χ1) is 7.54. The number of rotatable bonds is 6. The zero-order valence-electron chi connectivity index (χ0n) is 9.52. The monoisotopic (exact) mass is 323 g/mol. The van der Waals surface area contributed by atoms with Gasteiger partial charge in [-0.2, -0.15) is 0 Å². The van der Waals surface area contributed by atoms with Crippen molar-refractivity contribution in [3.8, 4) is 0 Å². The molecule has 3 unspecified atom stereocenters. The molecule has 0 aliphatic heterocycles. The summed E-state index contributed by atoms with van der Waals surface area (Å²) in [4.78, 5) is 1.30. The highest BCUT2D eigenvalue weighted by Crippen LogP contribution is 2.39. The van der Waals surface area contributed by atoms with Crippen LogP contribution in [0.5, 0.6) is 0 Å². The summed E-state index contributed by atoms with van der Waals surface area (Å²) in [6.45, 7) is 4.42. The Labute approximate surface area is 114 Å². The average molecular weight is 324 g/mol. The zero-order valence-corrected chi connectivity index (χ0v) is 12.7. The third kappa shape index (κ3) is 4.37. The van der Waals surface area contributed by atoms with Gasteiger partial charge in [0.25, 0.3) is 0 Å². The van der Waals surface area contributed by atoms with Crippen molar-refractivity contribution in [2.75, 3.05) is 6.61 Å². The van der Waals surface area contributed by atoms with E-state index in [0.717, 1.165) is 10.9 Å². The van der Waals surface area contributed by atoms with Crippen molar-refractivity contribution in [2.24, 2.45) is 5.73 Å². The normalized spacial score (nSPS) is 17.1. The Bertz CT molecular complexity index is 317. The van der Waals surface area contributed by atoms with E-state index in [-0.39, 0.29) is 12.6 Å². The predicted octanol–water partition coefficient (Wildman–Crippen LogP) is 3.40. The van der Waals surface area contributed by atoms with Gasteiger partial charge in [0.05, 0.1) is 5.25 Å².